The van der Waals surface area contributed by atoms with Crippen molar-refractivity contribution in [3.8, 4) is 0 Å². The number of rotatable bonds is 9. The number of ether oxygens (including phenoxy) is 1. The van der Waals surface area contributed by atoms with E-state index >= 15 is 0 Å². The molecule has 0 spiro atoms. The van der Waals surface area contributed by atoms with Gasteiger partial charge in [-0.25, -0.2) is 12.7 Å². The Balaban J connectivity index is 2.57. The minimum Gasteiger partial charge on any atom is -0.385 e. The standard InChI is InChI=1S/C15H21F3N2O4S/c1-24-11-3-9-20(25(2,22)23)10-8-19-14(21)12-4-6-13(7-5-12)15(16,17)18/h4-7H,3,8-11H2,1-2H3,(H,19,21). The highest BCUT2D eigenvalue weighted by atomic mass is 32.2. The Bertz CT molecular complexity index is 660. The van der Waals surface area contributed by atoms with Gasteiger partial charge in [-0.2, -0.15) is 13.2 Å². The van der Waals surface area contributed by atoms with Gasteiger partial charge in [0, 0.05) is 38.9 Å². The molecule has 0 heterocycles. The molecule has 0 bridgehead atoms. The van der Waals surface area contributed by atoms with E-state index in [2.05, 4.69) is 5.32 Å². The number of hydrogen-bond acceptors (Lipinski definition) is 4. The number of methoxy groups -OCH3 is 1. The third-order valence-corrected chi connectivity index (χ3v) is 4.65. The predicted molar refractivity (Wildman–Crippen MR) is 86.7 cm³/mol. The van der Waals surface area contributed by atoms with Gasteiger partial charge in [-0.3, -0.25) is 4.79 Å². The van der Waals surface area contributed by atoms with Crippen molar-refractivity contribution in [2.75, 3.05) is 39.6 Å². The van der Waals surface area contributed by atoms with Crippen LogP contribution in [0.15, 0.2) is 24.3 Å². The average molecular weight is 382 g/mol. The molecule has 1 N–H and O–H groups in total. The van der Waals surface area contributed by atoms with Crippen molar-refractivity contribution < 1.29 is 31.1 Å². The number of carbonyl (C=O) groups is 1. The van der Waals surface area contributed by atoms with Crippen molar-refractivity contribution in [1.82, 2.24) is 9.62 Å². The van der Waals surface area contributed by atoms with Gasteiger partial charge in [0.1, 0.15) is 0 Å². The van der Waals surface area contributed by atoms with Gasteiger partial charge < -0.3 is 10.1 Å². The van der Waals surface area contributed by atoms with E-state index in [0.717, 1.165) is 30.5 Å². The molecular formula is C15H21F3N2O4S. The number of benzene rings is 1. The summed E-state index contributed by atoms with van der Waals surface area (Å²) in [5, 5.41) is 2.49. The van der Waals surface area contributed by atoms with Crippen molar-refractivity contribution in [1.29, 1.82) is 0 Å². The van der Waals surface area contributed by atoms with E-state index in [9.17, 15) is 26.4 Å². The summed E-state index contributed by atoms with van der Waals surface area (Å²) < 4.78 is 66.9. The molecule has 25 heavy (non-hydrogen) atoms. The van der Waals surface area contributed by atoms with Gasteiger partial charge in [-0.1, -0.05) is 0 Å². The van der Waals surface area contributed by atoms with E-state index in [1.54, 1.807) is 0 Å². The second kappa shape index (κ2) is 9.16. The molecule has 0 aliphatic heterocycles. The SMILES string of the molecule is COCCCN(CCNC(=O)c1ccc(C(F)(F)F)cc1)S(C)(=O)=O. The number of nitrogens with zero attached hydrogens (tertiary/aromatic N) is 1. The second-order valence-corrected chi connectivity index (χ2v) is 7.32. The van der Waals surface area contributed by atoms with Crippen LogP contribution in [-0.2, 0) is 20.9 Å². The first-order chi connectivity index (χ1) is 11.6. The smallest absolute Gasteiger partial charge is 0.385 e. The fourth-order valence-corrected chi connectivity index (χ4v) is 2.92. The molecular weight excluding hydrogens is 361 g/mol. The van der Waals surface area contributed by atoms with Gasteiger partial charge in [-0.05, 0) is 30.7 Å². The van der Waals surface area contributed by atoms with Gasteiger partial charge in [0.2, 0.25) is 10.0 Å². The minimum atomic E-state index is -4.47. The fraction of sp³-hybridized carbons (Fsp3) is 0.533. The molecule has 1 amide bonds. The van der Waals surface area contributed by atoms with E-state index in [0.29, 0.717) is 13.0 Å². The van der Waals surface area contributed by atoms with Crippen LogP contribution in [0.4, 0.5) is 13.2 Å². The van der Waals surface area contributed by atoms with Gasteiger partial charge >= 0.3 is 6.18 Å². The van der Waals surface area contributed by atoms with Gasteiger partial charge in [0.15, 0.2) is 0 Å². The summed E-state index contributed by atoms with van der Waals surface area (Å²) in [6, 6.07) is 3.79. The lowest BCUT2D eigenvalue weighted by molar-refractivity contribution is -0.137. The lowest BCUT2D eigenvalue weighted by Gasteiger charge is -2.20. The molecule has 0 saturated carbocycles. The normalized spacial score (nSPS) is 12.4. The highest BCUT2D eigenvalue weighted by molar-refractivity contribution is 7.88. The van der Waals surface area contributed by atoms with E-state index in [1.165, 1.54) is 11.4 Å². The maximum atomic E-state index is 12.5. The zero-order valence-electron chi connectivity index (χ0n) is 14.0. The van der Waals surface area contributed by atoms with Crippen LogP contribution in [0.1, 0.15) is 22.3 Å². The Hall–Kier alpha value is -1.65. The molecule has 6 nitrogen and oxygen atoms in total. The van der Waals surface area contributed by atoms with Crippen molar-refractivity contribution in [2.45, 2.75) is 12.6 Å². The van der Waals surface area contributed by atoms with E-state index < -0.39 is 27.7 Å². The van der Waals surface area contributed by atoms with Crippen LogP contribution in [0.5, 0.6) is 0 Å². The Morgan fingerprint density at radius 3 is 2.28 bits per heavy atom. The molecule has 1 aromatic carbocycles. The maximum Gasteiger partial charge on any atom is 0.416 e. The van der Waals surface area contributed by atoms with E-state index in [-0.39, 0.29) is 25.2 Å². The number of sulfonamides is 1. The lowest BCUT2D eigenvalue weighted by Crippen LogP contribution is -2.38. The summed E-state index contributed by atoms with van der Waals surface area (Å²) in [5.41, 5.74) is -0.774. The van der Waals surface area contributed by atoms with Gasteiger partial charge in [-0.15, -0.1) is 0 Å². The fourth-order valence-electron chi connectivity index (χ4n) is 2.04. The number of halogens is 3. The first-order valence-electron chi connectivity index (χ1n) is 7.45. The first-order valence-corrected chi connectivity index (χ1v) is 9.30. The average Bonchev–Trinajstić information content (AvgIpc) is 2.51. The Morgan fingerprint density at radius 2 is 1.80 bits per heavy atom. The van der Waals surface area contributed by atoms with Crippen LogP contribution in [0, 0.1) is 0 Å². The third-order valence-electron chi connectivity index (χ3n) is 3.35. The van der Waals surface area contributed by atoms with Crippen LogP contribution >= 0.6 is 0 Å². The molecule has 0 saturated heterocycles. The van der Waals surface area contributed by atoms with Gasteiger partial charge in [0.05, 0.1) is 11.8 Å². The zero-order valence-corrected chi connectivity index (χ0v) is 14.8. The summed E-state index contributed by atoms with van der Waals surface area (Å²) in [6.45, 7) is 0.765. The van der Waals surface area contributed by atoms with Crippen LogP contribution in [0.25, 0.3) is 0 Å². The van der Waals surface area contributed by atoms with Crippen LogP contribution in [-0.4, -0.2) is 58.2 Å². The summed E-state index contributed by atoms with van der Waals surface area (Å²) in [5.74, 6) is -0.570. The summed E-state index contributed by atoms with van der Waals surface area (Å²) in [7, 11) is -1.92. The molecule has 1 rings (SSSR count). The van der Waals surface area contributed by atoms with E-state index in [4.69, 9.17) is 4.74 Å². The van der Waals surface area contributed by atoms with Gasteiger partial charge in [0.25, 0.3) is 5.91 Å². The minimum absolute atomic E-state index is 0.0416. The van der Waals surface area contributed by atoms with Crippen molar-refractivity contribution >= 4 is 15.9 Å². The molecule has 0 aliphatic carbocycles. The third kappa shape index (κ3) is 7.41. The first kappa shape index (κ1) is 21.4. The van der Waals surface area contributed by atoms with Crippen LogP contribution < -0.4 is 5.32 Å². The molecule has 1 aromatic rings. The predicted octanol–water partition coefficient (Wildman–Crippen LogP) is 1.73. The summed E-state index contributed by atoms with van der Waals surface area (Å²) >= 11 is 0. The molecule has 0 aliphatic rings. The van der Waals surface area contributed by atoms with Crippen LogP contribution in [0.2, 0.25) is 0 Å². The van der Waals surface area contributed by atoms with E-state index in [1.807, 2.05) is 0 Å². The molecule has 142 valence electrons. The second-order valence-electron chi connectivity index (χ2n) is 5.34. The number of amides is 1. The zero-order chi connectivity index (χ0) is 19.1. The van der Waals surface area contributed by atoms with Crippen LogP contribution in [0.3, 0.4) is 0 Å². The largest absolute Gasteiger partial charge is 0.416 e. The highest BCUT2D eigenvalue weighted by Gasteiger charge is 2.30. The quantitative estimate of drug-likeness (QED) is 0.660. The van der Waals surface area contributed by atoms with Crippen molar-refractivity contribution in [3.05, 3.63) is 35.4 Å². The molecule has 0 atom stereocenters. The number of alkyl halides is 3. The molecule has 0 unspecified atom stereocenters. The summed E-state index contributed by atoms with van der Waals surface area (Å²) in [4.78, 5) is 11.9. The topological polar surface area (TPSA) is 75.7 Å². The number of nitrogens with one attached hydrogen (secondary N) is 1. The highest BCUT2D eigenvalue weighted by Crippen LogP contribution is 2.29. The summed E-state index contributed by atoms with van der Waals surface area (Å²) in [6.07, 6.45) is -2.89. The molecule has 0 fully saturated rings. The molecule has 10 heteroatoms. The molecule has 0 radical (unpaired) electrons. The Morgan fingerprint density at radius 1 is 1.20 bits per heavy atom. The number of carbonyl (C=O) groups excluding carboxylic acids is 1. The monoisotopic (exact) mass is 382 g/mol. The van der Waals surface area contributed by atoms with Crippen molar-refractivity contribution in [3.63, 3.8) is 0 Å². The Kier molecular flexibility index (Phi) is 7.84. The Labute approximate surface area is 145 Å². The van der Waals surface area contributed by atoms with Crippen molar-refractivity contribution in [2.24, 2.45) is 0 Å². The number of hydrogen-bond donors (Lipinski definition) is 1. The lowest BCUT2D eigenvalue weighted by atomic mass is 10.1. The maximum absolute atomic E-state index is 12.5. The molecule has 0 aromatic heterocycles.